The second kappa shape index (κ2) is 8.19. The molecule has 3 N–H and O–H groups in total. The van der Waals surface area contributed by atoms with Crippen LogP contribution in [0, 0.1) is 13.8 Å². The maximum Gasteiger partial charge on any atom is 0.333 e. The molecule has 3 amide bonds. The Balaban J connectivity index is 1.72. The number of carbonyl (C=O) groups is 2. The van der Waals surface area contributed by atoms with Crippen LogP contribution in [0.1, 0.15) is 40.8 Å². The SMILES string of the molecule is Cc1cc(C(=O)NNC(=O)NC(C)CCc2ccccc2)c(C)o1. The molecule has 6 heteroatoms. The van der Waals surface area contributed by atoms with E-state index >= 15 is 0 Å². The van der Waals surface area contributed by atoms with Crippen molar-refractivity contribution in [1.82, 2.24) is 16.2 Å². The summed E-state index contributed by atoms with van der Waals surface area (Å²) in [5.74, 6) is 0.761. The molecule has 2 rings (SSSR count). The van der Waals surface area contributed by atoms with Crippen molar-refractivity contribution >= 4 is 11.9 Å². The largest absolute Gasteiger partial charge is 0.466 e. The summed E-state index contributed by atoms with van der Waals surface area (Å²) >= 11 is 0. The number of aryl methyl sites for hydroxylation is 3. The number of nitrogens with one attached hydrogen (secondary N) is 3. The molecule has 1 heterocycles. The molecule has 1 unspecified atom stereocenters. The van der Waals surface area contributed by atoms with E-state index in [-0.39, 0.29) is 6.04 Å². The summed E-state index contributed by atoms with van der Waals surface area (Å²) in [4.78, 5) is 23.8. The first-order valence-corrected chi connectivity index (χ1v) is 7.93. The van der Waals surface area contributed by atoms with Gasteiger partial charge < -0.3 is 9.73 Å². The molecule has 0 saturated heterocycles. The summed E-state index contributed by atoms with van der Waals surface area (Å²) in [6.07, 6.45) is 1.69. The van der Waals surface area contributed by atoms with Gasteiger partial charge in [-0.15, -0.1) is 0 Å². The number of carbonyl (C=O) groups excluding carboxylic acids is 2. The second-order valence-electron chi connectivity index (χ2n) is 5.80. The van der Waals surface area contributed by atoms with Gasteiger partial charge in [0, 0.05) is 6.04 Å². The minimum Gasteiger partial charge on any atom is -0.466 e. The van der Waals surface area contributed by atoms with Crippen molar-refractivity contribution in [3.05, 3.63) is 59.0 Å². The van der Waals surface area contributed by atoms with Gasteiger partial charge in [-0.2, -0.15) is 0 Å². The van der Waals surface area contributed by atoms with E-state index in [4.69, 9.17) is 4.42 Å². The van der Waals surface area contributed by atoms with Gasteiger partial charge in [0.2, 0.25) is 0 Å². The minimum atomic E-state index is -0.443. The molecule has 0 aliphatic rings. The minimum absolute atomic E-state index is 0.0139. The summed E-state index contributed by atoms with van der Waals surface area (Å²) in [6, 6.07) is 11.3. The fourth-order valence-corrected chi connectivity index (χ4v) is 2.40. The molecule has 24 heavy (non-hydrogen) atoms. The van der Waals surface area contributed by atoms with Crippen LogP contribution in [0.15, 0.2) is 40.8 Å². The maximum absolute atomic E-state index is 12.0. The van der Waals surface area contributed by atoms with E-state index in [0.717, 1.165) is 12.8 Å². The third-order valence-corrected chi connectivity index (χ3v) is 3.66. The highest BCUT2D eigenvalue weighted by atomic mass is 16.3. The second-order valence-corrected chi connectivity index (χ2v) is 5.80. The van der Waals surface area contributed by atoms with Crippen LogP contribution in [0.3, 0.4) is 0 Å². The van der Waals surface area contributed by atoms with Gasteiger partial charge in [0.1, 0.15) is 11.5 Å². The predicted octanol–water partition coefficient (Wildman–Crippen LogP) is 2.86. The standard InChI is InChI=1S/C18H23N3O3/c1-12(9-10-15-7-5-4-6-8-15)19-18(23)21-20-17(22)16-11-13(2)24-14(16)3/h4-8,11-12H,9-10H2,1-3H3,(H,20,22)(H2,19,21,23). The lowest BCUT2D eigenvalue weighted by atomic mass is 10.1. The van der Waals surface area contributed by atoms with Crippen LogP contribution >= 0.6 is 0 Å². The van der Waals surface area contributed by atoms with Crippen LogP contribution < -0.4 is 16.2 Å². The van der Waals surface area contributed by atoms with E-state index in [1.165, 1.54) is 5.56 Å². The Morgan fingerprint density at radius 3 is 2.46 bits per heavy atom. The van der Waals surface area contributed by atoms with Crippen LogP contribution in [-0.2, 0) is 6.42 Å². The lowest BCUT2D eigenvalue weighted by molar-refractivity contribution is 0.0934. The Bertz CT molecular complexity index is 695. The molecule has 1 atom stereocenters. The Kier molecular flexibility index (Phi) is 6.01. The summed E-state index contributed by atoms with van der Waals surface area (Å²) in [5.41, 5.74) is 6.36. The fraction of sp³-hybridized carbons (Fsp3) is 0.333. The number of hydrogen-bond acceptors (Lipinski definition) is 3. The molecule has 1 aromatic heterocycles. The van der Waals surface area contributed by atoms with Crippen molar-refractivity contribution < 1.29 is 14.0 Å². The first-order valence-electron chi connectivity index (χ1n) is 7.93. The summed E-state index contributed by atoms with van der Waals surface area (Å²) < 4.78 is 5.29. The van der Waals surface area contributed by atoms with Crippen molar-refractivity contribution in [2.24, 2.45) is 0 Å². The molecule has 0 fully saturated rings. The van der Waals surface area contributed by atoms with Gasteiger partial charge in [-0.05, 0) is 45.2 Å². The molecule has 0 aliphatic carbocycles. The lowest BCUT2D eigenvalue weighted by Gasteiger charge is -2.15. The van der Waals surface area contributed by atoms with Gasteiger partial charge in [0.25, 0.3) is 5.91 Å². The zero-order valence-corrected chi connectivity index (χ0v) is 14.2. The average molecular weight is 329 g/mol. The zero-order chi connectivity index (χ0) is 17.5. The maximum atomic E-state index is 12.0. The molecule has 0 saturated carbocycles. The third kappa shape index (κ3) is 5.15. The van der Waals surface area contributed by atoms with Crippen molar-refractivity contribution in [1.29, 1.82) is 0 Å². The highest BCUT2D eigenvalue weighted by molar-refractivity contribution is 5.96. The van der Waals surface area contributed by atoms with Crippen LogP contribution in [-0.4, -0.2) is 18.0 Å². The normalized spacial score (nSPS) is 11.6. The van der Waals surface area contributed by atoms with Gasteiger partial charge in [0.15, 0.2) is 0 Å². The Morgan fingerprint density at radius 1 is 1.12 bits per heavy atom. The predicted molar refractivity (Wildman–Crippen MR) is 91.5 cm³/mol. The van der Waals surface area contributed by atoms with Gasteiger partial charge >= 0.3 is 6.03 Å². The van der Waals surface area contributed by atoms with Crippen molar-refractivity contribution in [2.45, 2.75) is 39.7 Å². The number of rotatable bonds is 5. The molecule has 0 bridgehead atoms. The van der Waals surface area contributed by atoms with Crippen molar-refractivity contribution in [2.75, 3.05) is 0 Å². The number of benzene rings is 1. The summed E-state index contributed by atoms with van der Waals surface area (Å²) in [5, 5.41) is 2.79. The van der Waals surface area contributed by atoms with E-state index in [2.05, 4.69) is 28.3 Å². The van der Waals surface area contributed by atoms with E-state index in [1.807, 2.05) is 25.1 Å². The molecular formula is C18H23N3O3. The lowest BCUT2D eigenvalue weighted by Crippen LogP contribution is -2.49. The van der Waals surface area contributed by atoms with Crippen molar-refractivity contribution in [3.63, 3.8) is 0 Å². The Hall–Kier alpha value is -2.76. The van der Waals surface area contributed by atoms with E-state index < -0.39 is 11.9 Å². The van der Waals surface area contributed by atoms with Crippen LogP contribution in [0.25, 0.3) is 0 Å². The quantitative estimate of drug-likeness (QED) is 0.738. The molecule has 0 spiro atoms. The monoisotopic (exact) mass is 329 g/mol. The number of urea groups is 1. The smallest absolute Gasteiger partial charge is 0.333 e. The van der Waals surface area contributed by atoms with Gasteiger partial charge in [-0.3, -0.25) is 10.2 Å². The van der Waals surface area contributed by atoms with E-state index in [9.17, 15) is 9.59 Å². The first-order chi connectivity index (χ1) is 11.5. The van der Waals surface area contributed by atoms with Crippen molar-refractivity contribution in [3.8, 4) is 0 Å². The molecular weight excluding hydrogens is 306 g/mol. The topological polar surface area (TPSA) is 83.4 Å². The Labute approximate surface area is 141 Å². The number of furan rings is 1. The van der Waals surface area contributed by atoms with E-state index in [0.29, 0.717) is 17.1 Å². The van der Waals surface area contributed by atoms with Crippen LogP contribution in [0.4, 0.5) is 4.79 Å². The third-order valence-electron chi connectivity index (χ3n) is 3.66. The molecule has 1 aromatic carbocycles. The number of hydrazine groups is 1. The zero-order valence-electron chi connectivity index (χ0n) is 14.2. The van der Waals surface area contributed by atoms with Gasteiger partial charge in [-0.25, -0.2) is 10.2 Å². The molecule has 0 radical (unpaired) electrons. The molecule has 6 nitrogen and oxygen atoms in total. The highest BCUT2D eigenvalue weighted by Crippen LogP contribution is 2.12. The van der Waals surface area contributed by atoms with Gasteiger partial charge in [-0.1, -0.05) is 30.3 Å². The molecule has 0 aliphatic heterocycles. The van der Waals surface area contributed by atoms with Crippen LogP contribution in [0.5, 0.6) is 0 Å². The average Bonchev–Trinajstić information content (AvgIpc) is 2.90. The number of hydrogen-bond donors (Lipinski definition) is 3. The Morgan fingerprint density at radius 2 is 1.83 bits per heavy atom. The first kappa shape index (κ1) is 17.6. The highest BCUT2D eigenvalue weighted by Gasteiger charge is 2.14. The number of amides is 3. The molecule has 2 aromatic rings. The van der Waals surface area contributed by atoms with Crippen LogP contribution in [0.2, 0.25) is 0 Å². The van der Waals surface area contributed by atoms with Gasteiger partial charge in [0.05, 0.1) is 5.56 Å². The summed E-state index contributed by atoms with van der Waals surface area (Å²) in [7, 11) is 0. The molecule has 128 valence electrons. The fourth-order valence-electron chi connectivity index (χ4n) is 2.40. The summed E-state index contributed by atoms with van der Waals surface area (Å²) in [6.45, 7) is 5.39. The van der Waals surface area contributed by atoms with E-state index in [1.54, 1.807) is 19.9 Å².